The van der Waals surface area contributed by atoms with Gasteiger partial charge < -0.3 is 25.0 Å². The molecule has 1 aromatic heterocycles. The van der Waals surface area contributed by atoms with Gasteiger partial charge in [-0.2, -0.15) is 0 Å². The third-order valence-corrected chi connectivity index (χ3v) is 7.42. The lowest BCUT2D eigenvalue weighted by atomic mass is 9.91. The summed E-state index contributed by atoms with van der Waals surface area (Å²) in [6, 6.07) is 14.9. The lowest BCUT2D eigenvalue weighted by Gasteiger charge is -2.41. The Bertz CT molecular complexity index is 1240. The molecule has 2 heterocycles. The fraction of sp³-hybridized carbons (Fsp3) is 0.423. The van der Waals surface area contributed by atoms with Crippen molar-refractivity contribution < 1.29 is 29.3 Å². The van der Waals surface area contributed by atoms with Crippen LogP contribution in [0.15, 0.2) is 53.7 Å². The first-order chi connectivity index (χ1) is 18.3. The number of aliphatic carboxylic acids is 1. The summed E-state index contributed by atoms with van der Waals surface area (Å²) < 4.78 is 14.5. The Balaban J connectivity index is 1.52. The normalized spacial score (nSPS) is 21.2. The van der Waals surface area contributed by atoms with Crippen molar-refractivity contribution >= 4 is 29.3 Å². The van der Waals surface area contributed by atoms with Crippen LogP contribution in [0.25, 0.3) is 0 Å². The Labute approximate surface area is 224 Å². The summed E-state index contributed by atoms with van der Waals surface area (Å²) in [5, 5.41) is 33.4. The summed E-state index contributed by atoms with van der Waals surface area (Å²) in [5.41, 5.74) is 3.11. The van der Waals surface area contributed by atoms with Crippen LogP contribution in [0.2, 0.25) is 0 Å². The summed E-state index contributed by atoms with van der Waals surface area (Å²) in [5.74, 6) is -0.585. The van der Waals surface area contributed by atoms with Gasteiger partial charge in [0.15, 0.2) is 6.29 Å². The molecule has 1 fully saturated rings. The number of thioether (sulfide) groups is 1. The van der Waals surface area contributed by atoms with Crippen LogP contribution >= 0.6 is 11.8 Å². The Morgan fingerprint density at radius 3 is 2.58 bits per heavy atom. The van der Waals surface area contributed by atoms with Gasteiger partial charge in [-0.05, 0) is 40.1 Å². The molecular weight excluding hydrogens is 510 g/mol. The number of benzene rings is 2. The van der Waals surface area contributed by atoms with Gasteiger partial charge in [-0.1, -0.05) is 55.1 Å². The molecule has 1 amide bonds. The second kappa shape index (κ2) is 13.0. The summed E-state index contributed by atoms with van der Waals surface area (Å²) >= 11 is 1.50. The molecule has 4 rings (SSSR count). The van der Waals surface area contributed by atoms with Crippen LogP contribution in [0, 0.1) is 5.92 Å². The Kier molecular flexibility index (Phi) is 9.45. The monoisotopic (exact) mass is 541 g/mol. The summed E-state index contributed by atoms with van der Waals surface area (Å²) in [4.78, 5) is 23.0. The molecular formula is C26H31N5O6S. The van der Waals surface area contributed by atoms with E-state index < -0.39 is 12.3 Å². The molecule has 3 aromatic rings. The van der Waals surface area contributed by atoms with Gasteiger partial charge in [0.1, 0.15) is 0 Å². The molecule has 3 N–H and O–H groups in total. The van der Waals surface area contributed by atoms with Crippen molar-refractivity contribution in [3.05, 3.63) is 65.2 Å². The molecule has 11 nitrogen and oxygen atoms in total. The first kappa shape index (κ1) is 27.7. The first-order valence-corrected chi connectivity index (χ1v) is 13.3. The fourth-order valence-electron chi connectivity index (χ4n) is 4.20. The molecule has 1 aliphatic heterocycles. The largest absolute Gasteiger partial charge is 0.481 e. The van der Waals surface area contributed by atoms with Gasteiger partial charge in [-0.25, -0.2) is 4.68 Å². The molecule has 0 spiro atoms. The van der Waals surface area contributed by atoms with Crippen molar-refractivity contribution in [2.45, 2.75) is 56.4 Å². The van der Waals surface area contributed by atoms with Crippen LogP contribution in [0.4, 0.5) is 5.69 Å². The van der Waals surface area contributed by atoms with Gasteiger partial charge in [0.05, 0.1) is 18.8 Å². The number of rotatable bonds is 11. The molecule has 2 aromatic carbocycles. The number of carboxylic acids is 1. The standard InChI is InChI=1S/C26H31N5O6S/c1-16-21(15-38-26-28-29-30-31(26)2)36-25(37-24(16)18-11-9-17(14-32)10-12-18)19-5-3-6-20(13-19)27-22(33)7-4-8-23(34)35/h3,5-6,9-13,16,21,24-25,32H,4,7-8,14-15H2,1-2H3,(H,27,33)(H,34,35)/t16-,21+,24+,25+/m0/s1. The molecule has 0 saturated carbocycles. The molecule has 38 heavy (non-hydrogen) atoms. The van der Waals surface area contributed by atoms with Crippen LogP contribution in [-0.2, 0) is 32.7 Å². The molecule has 4 atom stereocenters. The fourth-order valence-corrected chi connectivity index (χ4v) is 5.21. The minimum absolute atomic E-state index is 0.00275. The lowest BCUT2D eigenvalue weighted by molar-refractivity contribution is -0.268. The van der Waals surface area contributed by atoms with Crippen molar-refractivity contribution in [2.24, 2.45) is 13.0 Å². The Morgan fingerprint density at radius 1 is 1.11 bits per heavy atom. The molecule has 0 unspecified atom stereocenters. The number of ether oxygens (including phenoxy) is 2. The highest BCUT2D eigenvalue weighted by Crippen LogP contribution is 2.43. The van der Waals surface area contributed by atoms with Crippen LogP contribution in [0.5, 0.6) is 0 Å². The number of anilines is 1. The number of aliphatic hydroxyl groups is 1. The number of hydrogen-bond donors (Lipinski definition) is 3. The third-order valence-electron chi connectivity index (χ3n) is 6.32. The second-order valence-corrected chi connectivity index (χ2v) is 10.1. The van der Waals surface area contributed by atoms with Crippen molar-refractivity contribution in [3.63, 3.8) is 0 Å². The van der Waals surface area contributed by atoms with Gasteiger partial charge in [-0.15, -0.1) is 5.10 Å². The van der Waals surface area contributed by atoms with E-state index in [1.54, 1.807) is 23.9 Å². The SMILES string of the molecule is C[C@H]1[C@@H](CSc2nnnn2C)O[C@@H](c2cccc(NC(=O)CCCC(=O)O)c2)O[C@H]1c1ccc(CO)cc1. The molecule has 0 bridgehead atoms. The van der Waals surface area contributed by atoms with E-state index in [1.165, 1.54) is 11.8 Å². The Hall–Kier alpha value is -3.32. The molecule has 1 aliphatic rings. The van der Waals surface area contributed by atoms with Crippen molar-refractivity contribution in [2.75, 3.05) is 11.1 Å². The van der Waals surface area contributed by atoms with E-state index in [-0.39, 0.29) is 49.9 Å². The summed E-state index contributed by atoms with van der Waals surface area (Å²) in [6.07, 6.45) is -0.844. The molecule has 202 valence electrons. The van der Waals surface area contributed by atoms with Gasteiger partial charge in [-0.3, -0.25) is 9.59 Å². The van der Waals surface area contributed by atoms with E-state index in [4.69, 9.17) is 14.6 Å². The van der Waals surface area contributed by atoms with Gasteiger partial charge in [0, 0.05) is 42.8 Å². The smallest absolute Gasteiger partial charge is 0.303 e. The maximum Gasteiger partial charge on any atom is 0.303 e. The van der Waals surface area contributed by atoms with Crippen LogP contribution in [0.1, 0.15) is 55.3 Å². The molecule has 0 aliphatic carbocycles. The van der Waals surface area contributed by atoms with E-state index in [9.17, 15) is 14.7 Å². The minimum Gasteiger partial charge on any atom is -0.481 e. The number of carboxylic acid groups (broad SMARTS) is 1. The highest BCUT2D eigenvalue weighted by Gasteiger charge is 2.38. The van der Waals surface area contributed by atoms with Crippen molar-refractivity contribution in [3.8, 4) is 0 Å². The van der Waals surface area contributed by atoms with Crippen LogP contribution in [-0.4, -0.2) is 54.2 Å². The molecule has 0 radical (unpaired) electrons. The predicted molar refractivity (Wildman–Crippen MR) is 139 cm³/mol. The van der Waals surface area contributed by atoms with E-state index in [2.05, 4.69) is 27.8 Å². The highest BCUT2D eigenvalue weighted by molar-refractivity contribution is 7.99. The maximum absolute atomic E-state index is 12.3. The lowest BCUT2D eigenvalue weighted by Crippen LogP contribution is -2.38. The minimum atomic E-state index is -0.927. The number of amides is 1. The highest BCUT2D eigenvalue weighted by atomic mass is 32.2. The van der Waals surface area contributed by atoms with E-state index >= 15 is 0 Å². The van der Waals surface area contributed by atoms with Crippen molar-refractivity contribution in [1.82, 2.24) is 20.2 Å². The van der Waals surface area contributed by atoms with Crippen LogP contribution in [0.3, 0.4) is 0 Å². The second-order valence-electron chi connectivity index (χ2n) is 9.14. The number of nitrogens with one attached hydrogen (secondary N) is 1. The topological polar surface area (TPSA) is 149 Å². The average molecular weight is 542 g/mol. The number of nitrogens with zero attached hydrogens (tertiary/aromatic N) is 4. The number of tetrazole rings is 1. The van der Waals surface area contributed by atoms with Gasteiger partial charge in [0.2, 0.25) is 11.1 Å². The van der Waals surface area contributed by atoms with Gasteiger partial charge >= 0.3 is 5.97 Å². The number of aryl methyl sites for hydroxylation is 1. The number of aliphatic hydroxyl groups excluding tert-OH is 1. The Morgan fingerprint density at radius 2 is 1.89 bits per heavy atom. The van der Waals surface area contributed by atoms with E-state index in [1.807, 2.05) is 36.4 Å². The van der Waals surface area contributed by atoms with E-state index in [0.29, 0.717) is 16.6 Å². The number of carbonyl (C=O) groups excluding carboxylic acids is 1. The van der Waals surface area contributed by atoms with Gasteiger partial charge in [0.25, 0.3) is 0 Å². The summed E-state index contributed by atoms with van der Waals surface area (Å²) in [7, 11) is 1.78. The zero-order valence-corrected chi connectivity index (χ0v) is 22.0. The maximum atomic E-state index is 12.3. The zero-order chi connectivity index (χ0) is 27.1. The average Bonchev–Trinajstić information content (AvgIpc) is 3.32. The first-order valence-electron chi connectivity index (χ1n) is 12.3. The summed E-state index contributed by atoms with van der Waals surface area (Å²) in [6.45, 7) is 2.04. The quantitative estimate of drug-likeness (QED) is 0.308. The number of carbonyl (C=O) groups is 2. The number of aromatic nitrogens is 4. The zero-order valence-electron chi connectivity index (χ0n) is 21.2. The van der Waals surface area contributed by atoms with Crippen LogP contribution < -0.4 is 5.32 Å². The number of hydrogen-bond acceptors (Lipinski definition) is 9. The molecule has 1 saturated heterocycles. The molecule has 12 heteroatoms. The van der Waals surface area contributed by atoms with E-state index in [0.717, 1.165) is 16.7 Å². The van der Waals surface area contributed by atoms with Crippen molar-refractivity contribution in [1.29, 1.82) is 0 Å². The predicted octanol–water partition coefficient (Wildman–Crippen LogP) is 3.48. The third kappa shape index (κ3) is 7.16.